The number of anilines is 2. The Morgan fingerprint density at radius 1 is 0.860 bits per heavy atom. The molecule has 50 heavy (non-hydrogen) atoms. The van der Waals surface area contributed by atoms with Crippen LogP contribution in [0.3, 0.4) is 0 Å². The number of morpholine rings is 1. The lowest BCUT2D eigenvalue weighted by molar-refractivity contribution is 0.0193. The summed E-state index contributed by atoms with van der Waals surface area (Å²) in [5.74, 6) is -0.847. The van der Waals surface area contributed by atoms with E-state index in [0.29, 0.717) is 65.8 Å². The fourth-order valence-electron chi connectivity index (χ4n) is 7.00. The van der Waals surface area contributed by atoms with Gasteiger partial charge in [-0.1, -0.05) is 42.5 Å². The molecule has 1 fully saturated rings. The standard InChI is InChI=1S/C40H39FN4O4.ClH/c1-27-36(40(48)45(31-10-4-3-5-11-31)32-13-15-34(46)16-14-32)24-38(42(27)2)37-23-30(41)12-17-35(37)39(47)44-25-29-9-7-6-8-28(29)22-33(44)26-43-18-20-49-21-19-43;/h3-17,23-24,33,46H,18-22,25-26H2,1-2H3;1H/t33-;/m0./s1. The summed E-state index contributed by atoms with van der Waals surface area (Å²) in [5, 5.41) is 9.93. The van der Waals surface area contributed by atoms with E-state index in [9.17, 15) is 14.7 Å². The summed E-state index contributed by atoms with van der Waals surface area (Å²) in [5.41, 5.74) is 6.02. The third kappa shape index (κ3) is 6.89. The van der Waals surface area contributed by atoms with Crippen molar-refractivity contribution in [1.29, 1.82) is 0 Å². The Bertz CT molecular complexity index is 1990. The van der Waals surface area contributed by atoms with E-state index in [1.165, 1.54) is 29.8 Å². The molecular weight excluding hydrogens is 655 g/mol. The number of amides is 2. The SMILES string of the molecule is Cc1c(C(=O)N(c2ccccc2)c2ccc(O)cc2)cc(-c2cc(F)ccc2C(=O)N2Cc3ccccc3C[C@H]2CN2CCOCC2)n1C.Cl. The monoisotopic (exact) mass is 694 g/mol. The molecule has 0 unspecified atom stereocenters. The van der Waals surface area contributed by atoms with Crippen LogP contribution in [-0.4, -0.2) is 70.2 Å². The van der Waals surface area contributed by atoms with Crippen LogP contribution < -0.4 is 4.90 Å². The van der Waals surface area contributed by atoms with E-state index in [-0.39, 0.29) is 36.0 Å². The maximum absolute atomic E-state index is 15.1. The number of halogens is 2. The number of benzene rings is 4. The van der Waals surface area contributed by atoms with Gasteiger partial charge in [-0.15, -0.1) is 12.4 Å². The van der Waals surface area contributed by atoms with Crippen LogP contribution >= 0.6 is 12.4 Å². The number of para-hydroxylation sites is 1. The largest absolute Gasteiger partial charge is 0.508 e. The second-order valence-electron chi connectivity index (χ2n) is 12.7. The molecule has 0 radical (unpaired) electrons. The average molecular weight is 695 g/mol. The molecular formula is C40H40ClFN4O4. The van der Waals surface area contributed by atoms with Crippen molar-refractivity contribution in [3.05, 3.63) is 137 Å². The lowest BCUT2D eigenvalue weighted by Gasteiger charge is -2.40. The highest BCUT2D eigenvalue weighted by Crippen LogP contribution is 2.35. The summed E-state index contributed by atoms with van der Waals surface area (Å²) < 4.78 is 22.5. The molecule has 10 heteroatoms. The number of phenolic OH excluding ortho intramolecular Hbond substituents is 1. The number of hydrogen-bond acceptors (Lipinski definition) is 5. The van der Waals surface area contributed by atoms with Crippen molar-refractivity contribution < 1.29 is 23.8 Å². The highest BCUT2D eigenvalue weighted by Gasteiger charge is 2.34. The minimum Gasteiger partial charge on any atom is -0.508 e. The predicted molar refractivity (Wildman–Crippen MR) is 195 cm³/mol. The Kier molecular flexibility index (Phi) is 10.4. The Balaban J connectivity index is 0.00000432. The summed E-state index contributed by atoms with van der Waals surface area (Å²) in [6, 6.07) is 29.9. The first kappa shape index (κ1) is 34.9. The minimum absolute atomic E-state index is 0. The van der Waals surface area contributed by atoms with Gasteiger partial charge in [0, 0.05) is 73.2 Å². The Morgan fingerprint density at radius 2 is 1.52 bits per heavy atom. The lowest BCUT2D eigenvalue weighted by atomic mass is 9.92. The average Bonchev–Trinajstić information content (AvgIpc) is 3.42. The molecule has 0 saturated carbocycles. The maximum Gasteiger partial charge on any atom is 0.264 e. The zero-order chi connectivity index (χ0) is 34.1. The maximum atomic E-state index is 15.1. The predicted octanol–water partition coefficient (Wildman–Crippen LogP) is 7.14. The molecule has 0 aliphatic carbocycles. The third-order valence-corrected chi connectivity index (χ3v) is 9.77. The quantitative estimate of drug-likeness (QED) is 0.196. The van der Waals surface area contributed by atoms with Crippen LogP contribution in [-0.2, 0) is 24.8 Å². The number of nitrogens with zero attached hydrogens (tertiary/aromatic N) is 4. The Labute approximate surface area is 297 Å². The van der Waals surface area contributed by atoms with Gasteiger partial charge in [0.15, 0.2) is 0 Å². The summed E-state index contributed by atoms with van der Waals surface area (Å²) in [4.78, 5) is 34.9. The first-order valence-electron chi connectivity index (χ1n) is 16.6. The molecule has 7 rings (SSSR count). The Hall–Kier alpha value is -4.96. The summed E-state index contributed by atoms with van der Waals surface area (Å²) >= 11 is 0. The first-order chi connectivity index (χ1) is 23.8. The third-order valence-electron chi connectivity index (χ3n) is 9.77. The van der Waals surface area contributed by atoms with Crippen LogP contribution in [0.4, 0.5) is 15.8 Å². The topological polar surface area (TPSA) is 78.2 Å². The van der Waals surface area contributed by atoms with Crippen LogP contribution in [0.1, 0.15) is 37.5 Å². The number of carbonyl (C=O) groups excluding carboxylic acids is 2. The second-order valence-corrected chi connectivity index (χ2v) is 12.7. The zero-order valence-corrected chi connectivity index (χ0v) is 28.9. The van der Waals surface area contributed by atoms with E-state index in [2.05, 4.69) is 17.0 Å². The Morgan fingerprint density at radius 3 is 2.24 bits per heavy atom. The number of rotatable bonds is 7. The van der Waals surface area contributed by atoms with E-state index in [1.54, 1.807) is 29.2 Å². The molecule has 258 valence electrons. The van der Waals surface area contributed by atoms with E-state index in [1.807, 2.05) is 65.9 Å². The molecule has 4 aromatic carbocycles. The van der Waals surface area contributed by atoms with Crippen molar-refractivity contribution in [3.8, 4) is 17.0 Å². The highest BCUT2D eigenvalue weighted by atomic mass is 35.5. The molecule has 0 spiro atoms. The molecule has 2 aliphatic rings. The van der Waals surface area contributed by atoms with Gasteiger partial charge in [-0.3, -0.25) is 19.4 Å². The lowest BCUT2D eigenvalue weighted by Crippen LogP contribution is -2.52. The van der Waals surface area contributed by atoms with Gasteiger partial charge in [-0.2, -0.15) is 0 Å². The van der Waals surface area contributed by atoms with E-state index >= 15 is 4.39 Å². The smallest absolute Gasteiger partial charge is 0.264 e. The van der Waals surface area contributed by atoms with Crippen molar-refractivity contribution in [1.82, 2.24) is 14.4 Å². The van der Waals surface area contributed by atoms with Gasteiger partial charge < -0.3 is 19.3 Å². The van der Waals surface area contributed by atoms with Crippen molar-refractivity contribution >= 4 is 35.6 Å². The van der Waals surface area contributed by atoms with Gasteiger partial charge >= 0.3 is 0 Å². The number of carbonyl (C=O) groups is 2. The van der Waals surface area contributed by atoms with Crippen LogP contribution in [0.15, 0.2) is 103 Å². The van der Waals surface area contributed by atoms with Gasteiger partial charge in [0.05, 0.1) is 18.8 Å². The molecule has 2 amide bonds. The van der Waals surface area contributed by atoms with Gasteiger partial charge in [0.1, 0.15) is 11.6 Å². The van der Waals surface area contributed by atoms with Crippen LogP contribution in [0.5, 0.6) is 5.75 Å². The molecule has 3 heterocycles. The van der Waals surface area contributed by atoms with Gasteiger partial charge in [-0.25, -0.2) is 4.39 Å². The summed E-state index contributed by atoms with van der Waals surface area (Å²) in [6.45, 7) is 5.97. The molecule has 0 bridgehead atoms. The van der Waals surface area contributed by atoms with Crippen molar-refractivity contribution in [3.63, 3.8) is 0 Å². The number of fused-ring (bicyclic) bond motifs is 1. The molecule has 1 N–H and O–H groups in total. The fraction of sp³-hybridized carbons (Fsp3) is 0.250. The van der Waals surface area contributed by atoms with E-state index < -0.39 is 5.82 Å². The minimum atomic E-state index is -0.470. The number of phenols is 1. The van der Waals surface area contributed by atoms with Crippen molar-refractivity contribution in [2.45, 2.75) is 25.9 Å². The zero-order valence-electron chi connectivity index (χ0n) is 28.1. The molecule has 5 aromatic rings. The van der Waals surface area contributed by atoms with E-state index in [4.69, 9.17) is 4.74 Å². The van der Waals surface area contributed by atoms with Crippen LogP contribution in [0.2, 0.25) is 0 Å². The van der Waals surface area contributed by atoms with Gasteiger partial charge in [0.2, 0.25) is 0 Å². The summed E-state index contributed by atoms with van der Waals surface area (Å²) in [6.07, 6.45) is 0.726. The number of aromatic nitrogens is 1. The van der Waals surface area contributed by atoms with Crippen LogP contribution in [0, 0.1) is 12.7 Å². The molecule has 1 saturated heterocycles. The molecule has 1 atom stereocenters. The second kappa shape index (κ2) is 14.9. The molecule has 2 aliphatic heterocycles. The fourth-order valence-corrected chi connectivity index (χ4v) is 7.00. The number of hydrogen-bond donors (Lipinski definition) is 1. The molecule has 1 aromatic heterocycles. The first-order valence-corrected chi connectivity index (χ1v) is 16.6. The van der Waals surface area contributed by atoms with Crippen molar-refractivity contribution in [2.24, 2.45) is 7.05 Å². The number of ether oxygens (including phenoxy) is 1. The van der Waals surface area contributed by atoms with Gasteiger partial charge in [-0.05, 0) is 85.1 Å². The highest BCUT2D eigenvalue weighted by molar-refractivity contribution is 6.12. The normalized spacial score (nSPS) is 16.0. The number of aromatic hydroxyl groups is 1. The van der Waals surface area contributed by atoms with Gasteiger partial charge in [0.25, 0.3) is 11.8 Å². The van der Waals surface area contributed by atoms with Crippen molar-refractivity contribution in [2.75, 3.05) is 37.7 Å². The van der Waals surface area contributed by atoms with Crippen LogP contribution in [0.25, 0.3) is 11.3 Å². The van der Waals surface area contributed by atoms with E-state index in [0.717, 1.165) is 25.1 Å². The summed E-state index contributed by atoms with van der Waals surface area (Å²) in [7, 11) is 1.83. The molecule has 8 nitrogen and oxygen atoms in total.